The van der Waals surface area contributed by atoms with Crippen molar-refractivity contribution in [1.29, 1.82) is 0 Å². The van der Waals surface area contributed by atoms with Gasteiger partial charge in [0.05, 0.1) is 37.2 Å². The van der Waals surface area contributed by atoms with E-state index < -0.39 is 5.82 Å². The van der Waals surface area contributed by atoms with E-state index in [4.69, 9.17) is 21.1 Å². The molecule has 0 saturated carbocycles. The molecule has 4 aromatic rings. The van der Waals surface area contributed by atoms with E-state index in [1.807, 2.05) is 30.1 Å². The Kier molecular flexibility index (Phi) is 6.01. The van der Waals surface area contributed by atoms with Gasteiger partial charge in [0.25, 0.3) is 5.56 Å². The summed E-state index contributed by atoms with van der Waals surface area (Å²) in [6.45, 7) is 8.06. The molecule has 5 heterocycles. The molecule has 0 amide bonds. The number of hydrogen-bond acceptors (Lipinski definition) is 6. The molecule has 1 aromatic carbocycles. The van der Waals surface area contributed by atoms with Gasteiger partial charge in [0.15, 0.2) is 0 Å². The lowest BCUT2D eigenvalue weighted by Gasteiger charge is -2.38. The summed E-state index contributed by atoms with van der Waals surface area (Å²) < 4.78 is 30.1. The minimum absolute atomic E-state index is 0.0739. The van der Waals surface area contributed by atoms with Crippen LogP contribution in [-0.4, -0.2) is 51.6 Å². The number of nitrogens with zero attached hydrogens (tertiary/aromatic N) is 5. The summed E-state index contributed by atoms with van der Waals surface area (Å²) in [5.41, 5.74) is 4.02. The van der Waals surface area contributed by atoms with Gasteiger partial charge in [0.1, 0.15) is 17.6 Å². The first-order valence-corrected chi connectivity index (χ1v) is 12.7. The second-order valence-corrected chi connectivity index (χ2v) is 10.3. The van der Waals surface area contributed by atoms with E-state index in [1.165, 1.54) is 10.5 Å². The van der Waals surface area contributed by atoms with Gasteiger partial charge in [-0.15, -0.1) is 0 Å². The van der Waals surface area contributed by atoms with Crippen molar-refractivity contribution in [3.8, 4) is 11.1 Å². The Labute approximate surface area is 218 Å². The van der Waals surface area contributed by atoms with Gasteiger partial charge in [-0.05, 0) is 45.0 Å². The molecular weight excluding hydrogens is 497 g/mol. The molecular formula is C27H27ClFN5O3. The molecule has 3 aromatic heterocycles. The number of aryl methyl sites for hydroxylation is 1. The van der Waals surface area contributed by atoms with Gasteiger partial charge in [-0.3, -0.25) is 13.9 Å². The lowest BCUT2D eigenvalue weighted by molar-refractivity contribution is -0.0296. The number of fused-ring (bicyclic) bond motifs is 1. The summed E-state index contributed by atoms with van der Waals surface area (Å²) in [7, 11) is 0. The highest BCUT2D eigenvalue weighted by Crippen LogP contribution is 2.34. The summed E-state index contributed by atoms with van der Waals surface area (Å²) in [4.78, 5) is 20.1. The zero-order valence-electron chi connectivity index (χ0n) is 20.8. The Morgan fingerprint density at radius 2 is 1.92 bits per heavy atom. The number of morpholine rings is 1. The molecule has 192 valence electrons. The zero-order chi connectivity index (χ0) is 25.8. The van der Waals surface area contributed by atoms with E-state index in [-0.39, 0.29) is 23.8 Å². The van der Waals surface area contributed by atoms with Gasteiger partial charge in [-0.25, -0.2) is 9.37 Å². The number of anilines is 1. The van der Waals surface area contributed by atoms with Crippen LogP contribution in [0.15, 0.2) is 47.7 Å². The molecule has 2 fully saturated rings. The fraction of sp³-hybridized carbons (Fsp3) is 0.370. The first-order valence-electron chi connectivity index (χ1n) is 12.3. The predicted octanol–water partition coefficient (Wildman–Crippen LogP) is 4.51. The predicted molar refractivity (Wildman–Crippen MR) is 139 cm³/mol. The summed E-state index contributed by atoms with van der Waals surface area (Å²) >= 11 is 6.02. The minimum atomic E-state index is -0.473. The lowest BCUT2D eigenvalue weighted by atomic mass is 10.0. The number of halogens is 2. The van der Waals surface area contributed by atoms with Crippen LogP contribution in [0.25, 0.3) is 16.8 Å². The number of hydrogen-bond donors (Lipinski definition) is 0. The van der Waals surface area contributed by atoms with Crippen LogP contribution in [0, 0.1) is 19.7 Å². The van der Waals surface area contributed by atoms with E-state index in [1.54, 1.807) is 32.2 Å². The van der Waals surface area contributed by atoms with Crippen molar-refractivity contribution in [3.63, 3.8) is 0 Å². The van der Waals surface area contributed by atoms with Gasteiger partial charge in [0, 0.05) is 58.5 Å². The maximum Gasteiger partial charge on any atom is 0.261 e. The van der Waals surface area contributed by atoms with E-state index in [2.05, 4.69) is 15.0 Å². The largest absolute Gasteiger partial charge is 0.377 e. The molecule has 0 bridgehead atoms. The molecule has 2 aliphatic heterocycles. The van der Waals surface area contributed by atoms with Crippen molar-refractivity contribution < 1.29 is 13.9 Å². The second-order valence-electron chi connectivity index (χ2n) is 9.84. The van der Waals surface area contributed by atoms with Crippen LogP contribution in [0.2, 0.25) is 5.02 Å². The molecule has 0 unspecified atom stereocenters. The first kappa shape index (κ1) is 24.1. The normalized spacial score (nSPS) is 20.4. The third-order valence-corrected chi connectivity index (χ3v) is 7.45. The van der Waals surface area contributed by atoms with E-state index >= 15 is 4.39 Å². The Hall–Kier alpha value is -3.27. The highest BCUT2D eigenvalue weighted by molar-refractivity contribution is 6.30. The van der Waals surface area contributed by atoms with Crippen molar-refractivity contribution in [2.75, 3.05) is 31.2 Å². The molecule has 2 atom stereocenters. The van der Waals surface area contributed by atoms with Crippen LogP contribution in [0.1, 0.15) is 35.9 Å². The standard InChI is InChI=1S/C27H27ClFN5O3/c1-15-9-32(12-25(37-15)18-8-30-34(10-18)21-13-36-14-21)20-7-23(22-5-4-19(28)6-24(22)29)26-31-17(3)16(2)27(35)33(26)11-20/h4-8,10-11,15,21,25H,9,12-14H2,1-3H3/t15-,25-/m0/s1. The number of ether oxygens (including phenoxy) is 2. The monoisotopic (exact) mass is 523 g/mol. The van der Waals surface area contributed by atoms with Gasteiger partial charge in [-0.2, -0.15) is 5.10 Å². The minimum Gasteiger partial charge on any atom is -0.377 e. The quantitative estimate of drug-likeness (QED) is 0.392. The van der Waals surface area contributed by atoms with Gasteiger partial charge in [-0.1, -0.05) is 11.6 Å². The Morgan fingerprint density at radius 1 is 1.11 bits per heavy atom. The Bertz CT molecular complexity index is 1560. The molecule has 2 aliphatic rings. The number of benzene rings is 1. The lowest BCUT2D eigenvalue weighted by Crippen LogP contribution is -2.43. The molecule has 2 saturated heterocycles. The highest BCUT2D eigenvalue weighted by Gasteiger charge is 2.30. The van der Waals surface area contributed by atoms with Crippen LogP contribution in [-0.2, 0) is 9.47 Å². The molecule has 8 nitrogen and oxygen atoms in total. The number of pyridine rings is 1. The summed E-state index contributed by atoms with van der Waals surface area (Å²) in [5.74, 6) is -0.473. The average Bonchev–Trinajstić information content (AvgIpc) is 3.30. The van der Waals surface area contributed by atoms with Crippen LogP contribution in [0.3, 0.4) is 0 Å². The average molecular weight is 524 g/mol. The second kappa shape index (κ2) is 9.24. The first-order chi connectivity index (χ1) is 17.8. The summed E-state index contributed by atoms with van der Waals surface area (Å²) in [6, 6.07) is 6.69. The Balaban J connectivity index is 1.45. The van der Waals surface area contributed by atoms with E-state index in [0.717, 1.165) is 11.3 Å². The maximum absolute atomic E-state index is 15.1. The maximum atomic E-state index is 15.1. The molecule has 0 spiro atoms. The topological polar surface area (TPSA) is 73.9 Å². The number of rotatable bonds is 4. The summed E-state index contributed by atoms with van der Waals surface area (Å²) in [6.07, 6.45) is 5.37. The summed E-state index contributed by atoms with van der Waals surface area (Å²) in [5, 5.41) is 4.81. The highest BCUT2D eigenvalue weighted by atomic mass is 35.5. The van der Waals surface area contributed by atoms with Crippen LogP contribution in [0.4, 0.5) is 10.1 Å². The molecule has 37 heavy (non-hydrogen) atoms. The molecule has 0 radical (unpaired) electrons. The molecule has 6 rings (SSSR count). The van der Waals surface area contributed by atoms with Crippen LogP contribution < -0.4 is 10.5 Å². The zero-order valence-corrected chi connectivity index (χ0v) is 21.6. The van der Waals surface area contributed by atoms with Crippen molar-refractivity contribution in [2.24, 2.45) is 0 Å². The molecule has 0 N–H and O–H groups in total. The van der Waals surface area contributed by atoms with Crippen molar-refractivity contribution in [1.82, 2.24) is 19.2 Å². The van der Waals surface area contributed by atoms with Gasteiger partial charge in [0.2, 0.25) is 0 Å². The van der Waals surface area contributed by atoms with Crippen molar-refractivity contribution in [3.05, 3.63) is 80.9 Å². The molecule has 10 heteroatoms. The molecule has 0 aliphatic carbocycles. The third-order valence-electron chi connectivity index (χ3n) is 7.21. The fourth-order valence-corrected chi connectivity index (χ4v) is 5.10. The van der Waals surface area contributed by atoms with E-state index in [9.17, 15) is 4.79 Å². The van der Waals surface area contributed by atoms with Crippen LogP contribution >= 0.6 is 11.6 Å². The van der Waals surface area contributed by atoms with Gasteiger partial charge < -0.3 is 14.4 Å². The van der Waals surface area contributed by atoms with Gasteiger partial charge >= 0.3 is 0 Å². The van der Waals surface area contributed by atoms with Crippen molar-refractivity contribution >= 4 is 22.9 Å². The smallest absolute Gasteiger partial charge is 0.261 e. The Morgan fingerprint density at radius 3 is 2.65 bits per heavy atom. The SMILES string of the molecule is Cc1nc2c(-c3ccc(Cl)cc3F)cc(N3C[C@@H](c4cnn(C5COC5)c4)O[C@@H](C)C3)cn2c(=O)c1C. The van der Waals surface area contributed by atoms with Crippen LogP contribution in [0.5, 0.6) is 0 Å². The van der Waals surface area contributed by atoms with E-state index in [0.29, 0.717) is 59.4 Å². The number of aromatic nitrogens is 4. The fourth-order valence-electron chi connectivity index (χ4n) is 4.94. The van der Waals surface area contributed by atoms with Crippen molar-refractivity contribution in [2.45, 2.75) is 39.0 Å². The third kappa shape index (κ3) is 4.31.